The number of carbonyl (C=O) groups excluding carboxylic acids is 1. The highest BCUT2D eigenvalue weighted by Crippen LogP contribution is 2.36. The Labute approximate surface area is 141 Å². The van der Waals surface area contributed by atoms with Gasteiger partial charge in [-0.25, -0.2) is 9.78 Å². The van der Waals surface area contributed by atoms with Crippen molar-refractivity contribution in [1.82, 2.24) is 10.3 Å². The van der Waals surface area contributed by atoms with E-state index in [2.05, 4.69) is 10.3 Å². The molecule has 1 heterocycles. The predicted molar refractivity (Wildman–Crippen MR) is 90.1 cm³/mol. The third-order valence-corrected chi connectivity index (χ3v) is 4.46. The van der Waals surface area contributed by atoms with E-state index in [0.29, 0.717) is 5.01 Å². The lowest BCUT2D eigenvalue weighted by atomic mass is 10.1. The summed E-state index contributed by atoms with van der Waals surface area (Å²) in [6.45, 7) is 0. The number of nitrogens with one attached hydrogen (secondary N) is 1. The molecule has 3 rings (SSSR count). The fourth-order valence-electron chi connectivity index (χ4n) is 2.29. The Kier molecular flexibility index (Phi) is 4.39. The lowest BCUT2D eigenvalue weighted by Gasteiger charge is -2.15. The van der Waals surface area contributed by atoms with Crippen LogP contribution in [0.4, 0.5) is 10.5 Å². The summed E-state index contributed by atoms with van der Waals surface area (Å²) in [7, 11) is 1.43. The molecule has 0 aliphatic carbocycles. The Bertz CT molecular complexity index is 876. The zero-order valence-corrected chi connectivity index (χ0v) is 13.4. The molecule has 0 saturated carbocycles. The van der Waals surface area contributed by atoms with Crippen LogP contribution in [0.15, 0.2) is 48.5 Å². The van der Waals surface area contributed by atoms with Crippen LogP contribution in [0.2, 0.25) is 0 Å². The SMILES string of the molecule is CNC(=O)OC(c1nc2ccccc2s1)c1ccccc1[N+](=O)[O-]. The van der Waals surface area contributed by atoms with Crippen LogP contribution in [-0.4, -0.2) is 23.0 Å². The smallest absolute Gasteiger partial charge is 0.407 e. The minimum Gasteiger partial charge on any atom is -0.434 e. The summed E-state index contributed by atoms with van der Waals surface area (Å²) in [5.41, 5.74) is 0.914. The molecule has 0 aliphatic rings. The maximum absolute atomic E-state index is 11.7. The maximum atomic E-state index is 11.7. The normalized spacial score (nSPS) is 11.9. The molecular weight excluding hydrogens is 330 g/mol. The average Bonchev–Trinajstić information content (AvgIpc) is 3.03. The van der Waals surface area contributed by atoms with Crippen LogP contribution in [0.25, 0.3) is 10.2 Å². The van der Waals surface area contributed by atoms with E-state index >= 15 is 0 Å². The van der Waals surface area contributed by atoms with Crippen molar-refractivity contribution in [3.63, 3.8) is 0 Å². The van der Waals surface area contributed by atoms with Crippen LogP contribution < -0.4 is 5.32 Å². The van der Waals surface area contributed by atoms with Gasteiger partial charge in [0.05, 0.1) is 20.7 Å². The molecule has 1 unspecified atom stereocenters. The number of hydrogen-bond acceptors (Lipinski definition) is 6. The summed E-state index contributed by atoms with van der Waals surface area (Å²) < 4.78 is 6.30. The number of para-hydroxylation sites is 2. The van der Waals surface area contributed by atoms with Gasteiger partial charge in [0.2, 0.25) is 0 Å². The van der Waals surface area contributed by atoms with E-state index in [9.17, 15) is 14.9 Å². The van der Waals surface area contributed by atoms with Gasteiger partial charge in [0.1, 0.15) is 5.01 Å². The standard InChI is InChI=1S/C16H13N3O4S/c1-17-16(20)23-14(10-6-2-4-8-12(10)19(21)22)15-18-11-7-3-5-9-13(11)24-15/h2-9,14H,1H3,(H,17,20). The van der Waals surface area contributed by atoms with Crippen LogP contribution in [0.3, 0.4) is 0 Å². The molecule has 7 nitrogen and oxygen atoms in total. The molecule has 1 aromatic heterocycles. The van der Waals surface area contributed by atoms with Crippen molar-refractivity contribution in [2.75, 3.05) is 7.05 Å². The molecule has 0 fully saturated rings. The van der Waals surface area contributed by atoms with E-state index in [1.165, 1.54) is 24.5 Å². The molecule has 2 aromatic carbocycles. The summed E-state index contributed by atoms with van der Waals surface area (Å²) in [5, 5.41) is 14.2. The summed E-state index contributed by atoms with van der Waals surface area (Å²) >= 11 is 1.33. The molecule has 1 N–H and O–H groups in total. The van der Waals surface area contributed by atoms with Gasteiger partial charge in [-0.05, 0) is 18.2 Å². The molecule has 24 heavy (non-hydrogen) atoms. The number of fused-ring (bicyclic) bond motifs is 1. The Hall–Kier alpha value is -3.00. The number of hydrogen-bond donors (Lipinski definition) is 1. The topological polar surface area (TPSA) is 94.4 Å². The van der Waals surface area contributed by atoms with Crippen molar-refractivity contribution < 1.29 is 14.5 Å². The van der Waals surface area contributed by atoms with Gasteiger partial charge in [-0.2, -0.15) is 0 Å². The van der Waals surface area contributed by atoms with Gasteiger partial charge in [-0.3, -0.25) is 10.1 Å². The van der Waals surface area contributed by atoms with E-state index in [0.717, 1.165) is 10.2 Å². The minimum absolute atomic E-state index is 0.120. The molecule has 122 valence electrons. The second-order valence-corrected chi connectivity index (χ2v) is 5.93. The highest BCUT2D eigenvalue weighted by atomic mass is 32.1. The van der Waals surface area contributed by atoms with Crippen LogP contribution in [-0.2, 0) is 4.74 Å². The molecule has 1 atom stereocenters. The van der Waals surface area contributed by atoms with Crippen molar-refractivity contribution >= 4 is 33.3 Å². The van der Waals surface area contributed by atoms with Crippen molar-refractivity contribution in [3.8, 4) is 0 Å². The Balaban J connectivity index is 2.13. The average molecular weight is 343 g/mol. The summed E-state index contributed by atoms with van der Waals surface area (Å²) in [5.74, 6) is 0. The summed E-state index contributed by atoms with van der Waals surface area (Å²) in [6.07, 6.45) is -1.64. The van der Waals surface area contributed by atoms with E-state index in [1.807, 2.05) is 24.3 Å². The number of benzene rings is 2. The molecule has 0 radical (unpaired) electrons. The fourth-order valence-corrected chi connectivity index (χ4v) is 3.31. The first-order valence-corrected chi connectivity index (χ1v) is 7.89. The van der Waals surface area contributed by atoms with E-state index < -0.39 is 17.1 Å². The number of nitro groups is 1. The largest absolute Gasteiger partial charge is 0.434 e. The third kappa shape index (κ3) is 3.04. The van der Waals surface area contributed by atoms with E-state index in [1.54, 1.807) is 18.2 Å². The molecule has 0 bridgehead atoms. The number of ether oxygens (including phenoxy) is 1. The van der Waals surface area contributed by atoms with Crippen molar-refractivity contribution in [3.05, 3.63) is 69.2 Å². The maximum Gasteiger partial charge on any atom is 0.407 e. The van der Waals surface area contributed by atoms with Gasteiger partial charge in [0.25, 0.3) is 5.69 Å². The highest BCUT2D eigenvalue weighted by molar-refractivity contribution is 7.18. The molecule has 3 aromatic rings. The number of nitrogens with zero attached hydrogens (tertiary/aromatic N) is 2. The summed E-state index contributed by atoms with van der Waals surface area (Å²) in [4.78, 5) is 27.0. The van der Waals surface area contributed by atoms with Crippen LogP contribution >= 0.6 is 11.3 Å². The number of aromatic nitrogens is 1. The number of alkyl carbamates (subject to hydrolysis) is 1. The zero-order chi connectivity index (χ0) is 17.1. The third-order valence-electron chi connectivity index (χ3n) is 3.38. The number of carbonyl (C=O) groups is 1. The predicted octanol–water partition coefficient (Wildman–Crippen LogP) is 3.65. The van der Waals surface area contributed by atoms with E-state index in [4.69, 9.17) is 4.74 Å². The van der Waals surface area contributed by atoms with Crippen LogP contribution in [0, 0.1) is 10.1 Å². The molecule has 0 aliphatic heterocycles. The Morgan fingerprint density at radius 3 is 2.67 bits per heavy atom. The Morgan fingerprint density at radius 1 is 1.25 bits per heavy atom. The molecule has 0 spiro atoms. The van der Waals surface area contributed by atoms with Crippen molar-refractivity contribution in [2.45, 2.75) is 6.10 Å². The van der Waals surface area contributed by atoms with Gasteiger partial charge in [-0.15, -0.1) is 11.3 Å². The van der Waals surface area contributed by atoms with Crippen LogP contribution in [0.1, 0.15) is 16.7 Å². The highest BCUT2D eigenvalue weighted by Gasteiger charge is 2.29. The molecule has 0 saturated heterocycles. The number of nitro benzene ring substituents is 1. The van der Waals surface area contributed by atoms with Crippen molar-refractivity contribution in [1.29, 1.82) is 0 Å². The van der Waals surface area contributed by atoms with Gasteiger partial charge in [-0.1, -0.05) is 24.3 Å². The second-order valence-electron chi connectivity index (χ2n) is 4.87. The van der Waals surface area contributed by atoms with Gasteiger partial charge < -0.3 is 10.1 Å². The van der Waals surface area contributed by atoms with E-state index in [-0.39, 0.29) is 11.3 Å². The first kappa shape index (κ1) is 15.9. The Morgan fingerprint density at radius 2 is 1.96 bits per heavy atom. The number of amides is 1. The van der Waals surface area contributed by atoms with Gasteiger partial charge >= 0.3 is 6.09 Å². The molecule has 8 heteroatoms. The zero-order valence-electron chi connectivity index (χ0n) is 12.6. The lowest BCUT2D eigenvalue weighted by molar-refractivity contribution is -0.386. The number of thiazole rings is 1. The monoisotopic (exact) mass is 343 g/mol. The van der Waals surface area contributed by atoms with Gasteiger partial charge in [0, 0.05) is 13.1 Å². The first-order chi connectivity index (χ1) is 11.6. The second kappa shape index (κ2) is 6.63. The number of rotatable bonds is 4. The first-order valence-electron chi connectivity index (χ1n) is 7.07. The van der Waals surface area contributed by atoms with Crippen LogP contribution in [0.5, 0.6) is 0 Å². The van der Waals surface area contributed by atoms with Gasteiger partial charge in [0.15, 0.2) is 6.10 Å². The fraction of sp³-hybridized carbons (Fsp3) is 0.125. The quantitative estimate of drug-likeness (QED) is 0.576. The molecule has 1 amide bonds. The van der Waals surface area contributed by atoms with Crippen molar-refractivity contribution in [2.24, 2.45) is 0 Å². The lowest BCUT2D eigenvalue weighted by Crippen LogP contribution is -2.23. The summed E-state index contributed by atoms with van der Waals surface area (Å²) in [6, 6.07) is 13.6. The minimum atomic E-state index is -0.955. The molecular formula is C16H13N3O4S.